The molecule has 0 fully saturated rings. The van der Waals surface area contributed by atoms with Crippen molar-refractivity contribution >= 4 is 31.2 Å². The molecule has 0 heterocycles. The first kappa shape index (κ1) is 15.7. The van der Waals surface area contributed by atoms with Crippen molar-refractivity contribution in [3.05, 3.63) is 18.2 Å². The van der Waals surface area contributed by atoms with Crippen molar-refractivity contribution < 1.29 is 16.8 Å². The molecule has 0 saturated heterocycles. The van der Waals surface area contributed by atoms with Gasteiger partial charge in [-0.3, -0.25) is 0 Å². The van der Waals surface area contributed by atoms with Gasteiger partial charge in [-0.05, 0) is 25.1 Å². The number of rotatable bonds is 5. The molecule has 1 unspecified atom stereocenters. The predicted molar refractivity (Wildman–Crippen MR) is 75.0 cm³/mol. The number of anilines is 2. The minimum atomic E-state index is -3.86. The molecule has 0 aromatic heterocycles. The van der Waals surface area contributed by atoms with Crippen molar-refractivity contribution in [2.24, 2.45) is 5.14 Å². The first-order valence-electron chi connectivity index (χ1n) is 5.35. The quantitative estimate of drug-likeness (QED) is 0.643. The van der Waals surface area contributed by atoms with E-state index in [4.69, 9.17) is 10.9 Å². The van der Waals surface area contributed by atoms with Crippen molar-refractivity contribution in [3.8, 4) is 0 Å². The highest BCUT2D eigenvalue weighted by Crippen LogP contribution is 2.20. The summed E-state index contributed by atoms with van der Waals surface area (Å²) in [5, 5.41) is 7.89. The molecule has 7 nitrogen and oxygen atoms in total. The third-order valence-corrected chi connectivity index (χ3v) is 4.22. The van der Waals surface area contributed by atoms with Gasteiger partial charge in [-0.1, -0.05) is 0 Å². The van der Waals surface area contributed by atoms with Gasteiger partial charge in [0, 0.05) is 23.7 Å². The summed E-state index contributed by atoms with van der Waals surface area (Å²) in [5.41, 5.74) is 6.21. The maximum absolute atomic E-state index is 11.3. The largest absolute Gasteiger partial charge is 0.399 e. The van der Waals surface area contributed by atoms with Gasteiger partial charge in [0.25, 0.3) is 0 Å². The fraction of sp³-hybridized carbons (Fsp3) is 0.400. The molecule has 1 aromatic carbocycles. The van der Waals surface area contributed by atoms with E-state index < -0.39 is 19.9 Å². The van der Waals surface area contributed by atoms with Crippen LogP contribution in [0.5, 0.6) is 0 Å². The molecule has 0 aliphatic carbocycles. The van der Waals surface area contributed by atoms with Crippen LogP contribution in [-0.2, 0) is 19.9 Å². The van der Waals surface area contributed by atoms with Crippen molar-refractivity contribution in [1.29, 1.82) is 0 Å². The van der Waals surface area contributed by atoms with Gasteiger partial charge in [-0.2, -0.15) is 0 Å². The number of nitrogens with one attached hydrogen (secondary N) is 1. The van der Waals surface area contributed by atoms with E-state index in [9.17, 15) is 16.8 Å². The first-order valence-corrected chi connectivity index (χ1v) is 8.96. The zero-order valence-corrected chi connectivity index (χ0v) is 12.3. The molecule has 0 aliphatic heterocycles. The Hall–Kier alpha value is -1.32. The molecular formula is C10H17N3O4S2. The lowest BCUT2D eigenvalue weighted by Crippen LogP contribution is -2.25. The van der Waals surface area contributed by atoms with Crippen molar-refractivity contribution in [1.82, 2.24) is 0 Å². The number of primary sulfonamides is 1. The number of benzene rings is 1. The minimum absolute atomic E-state index is 0.0769. The van der Waals surface area contributed by atoms with Gasteiger partial charge in [0.15, 0.2) is 0 Å². The van der Waals surface area contributed by atoms with E-state index in [0.29, 0.717) is 5.69 Å². The van der Waals surface area contributed by atoms with Crippen LogP contribution in [0, 0.1) is 0 Å². The van der Waals surface area contributed by atoms with Crippen LogP contribution in [0.3, 0.4) is 0 Å². The third kappa shape index (κ3) is 5.45. The Kier molecular flexibility index (Phi) is 4.43. The summed E-state index contributed by atoms with van der Waals surface area (Å²) in [5.74, 6) is -0.0769. The molecule has 0 amide bonds. The van der Waals surface area contributed by atoms with Crippen LogP contribution in [0.15, 0.2) is 23.1 Å². The van der Waals surface area contributed by atoms with E-state index in [2.05, 4.69) is 5.32 Å². The Bertz CT molecular complexity index is 668. The summed E-state index contributed by atoms with van der Waals surface area (Å²) >= 11 is 0. The van der Waals surface area contributed by atoms with Gasteiger partial charge in [-0.15, -0.1) is 0 Å². The van der Waals surface area contributed by atoms with E-state index in [0.717, 1.165) is 6.26 Å². The summed E-state index contributed by atoms with van der Waals surface area (Å²) in [7, 11) is -6.99. The normalized spacial score (nSPS) is 14.1. The highest BCUT2D eigenvalue weighted by molar-refractivity contribution is 7.90. The summed E-state index contributed by atoms with van der Waals surface area (Å²) in [6.45, 7) is 1.67. The second-order valence-corrected chi connectivity index (χ2v) is 8.22. The van der Waals surface area contributed by atoms with E-state index in [1.54, 1.807) is 6.92 Å². The van der Waals surface area contributed by atoms with Crippen LogP contribution in [-0.4, -0.2) is 34.9 Å². The lowest BCUT2D eigenvalue weighted by Gasteiger charge is -2.15. The molecule has 1 aromatic rings. The molecule has 9 heteroatoms. The smallest absolute Gasteiger partial charge is 0.238 e. The molecule has 0 aliphatic rings. The zero-order chi connectivity index (χ0) is 14.8. The van der Waals surface area contributed by atoms with E-state index in [1.807, 2.05) is 0 Å². The third-order valence-electron chi connectivity index (χ3n) is 2.22. The summed E-state index contributed by atoms with van der Waals surface area (Å²) in [6.07, 6.45) is 1.13. The van der Waals surface area contributed by atoms with Gasteiger partial charge >= 0.3 is 0 Å². The maximum Gasteiger partial charge on any atom is 0.238 e. The van der Waals surface area contributed by atoms with E-state index in [1.165, 1.54) is 18.2 Å². The Labute approximate surface area is 113 Å². The van der Waals surface area contributed by atoms with Crippen LogP contribution < -0.4 is 16.2 Å². The van der Waals surface area contributed by atoms with Crippen molar-refractivity contribution in [2.75, 3.05) is 23.1 Å². The van der Waals surface area contributed by atoms with Crippen molar-refractivity contribution in [3.63, 3.8) is 0 Å². The Morgan fingerprint density at radius 3 is 2.26 bits per heavy atom. The van der Waals surface area contributed by atoms with E-state index in [-0.39, 0.29) is 22.4 Å². The lowest BCUT2D eigenvalue weighted by molar-refractivity contribution is 0.595. The molecule has 0 spiro atoms. The average molecular weight is 307 g/mol. The monoisotopic (exact) mass is 307 g/mol. The minimum Gasteiger partial charge on any atom is -0.399 e. The summed E-state index contributed by atoms with van der Waals surface area (Å²) < 4.78 is 44.8. The Morgan fingerprint density at radius 1 is 1.21 bits per heavy atom. The predicted octanol–water partition coefficient (Wildman–Crippen LogP) is -0.239. The number of nitrogens with two attached hydrogens (primary N) is 2. The molecule has 1 rings (SSSR count). The lowest BCUT2D eigenvalue weighted by atomic mass is 10.2. The molecular weight excluding hydrogens is 290 g/mol. The van der Waals surface area contributed by atoms with Crippen LogP contribution in [0.2, 0.25) is 0 Å². The number of nitrogen functional groups attached to an aromatic ring is 1. The van der Waals surface area contributed by atoms with Crippen LogP contribution in [0.4, 0.5) is 11.4 Å². The standard InChI is InChI=1S/C10H17N3O4S2/c1-7(6-18(2,14)15)13-9-3-8(11)4-10(5-9)19(12,16)17/h3-5,7,13H,6,11H2,1-2H3,(H2,12,16,17). The molecule has 0 saturated carbocycles. The van der Waals surface area contributed by atoms with Crippen LogP contribution in [0.25, 0.3) is 0 Å². The highest BCUT2D eigenvalue weighted by atomic mass is 32.2. The average Bonchev–Trinajstić information content (AvgIpc) is 2.11. The Balaban J connectivity index is 3.00. The van der Waals surface area contributed by atoms with Crippen LogP contribution in [0.1, 0.15) is 6.92 Å². The van der Waals surface area contributed by atoms with Gasteiger partial charge in [-0.25, -0.2) is 22.0 Å². The SMILES string of the molecule is CC(CS(C)(=O)=O)Nc1cc(N)cc(S(N)(=O)=O)c1. The molecule has 108 valence electrons. The highest BCUT2D eigenvalue weighted by Gasteiger charge is 2.13. The van der Waals surface area contributed by atoms with Crippen LogP contribution >= 0.6 is 0 Å². The molecule has 5 N–H and O–H groups in total. The molecule has 0 bridgehead atoms. The number of hydrogen-bond acceptors (Lipinski definition) is 6. The molecule has 19 heavy (non-hydrogen) atoms. The van der Waals surface area contributed by atoms with Gasteiger partial charge < -0.3 is 11.1 Å². The molecule has 0 radical (unpaired) electrons. The van der Waals surface area contributed by atoms with Gasteiger partial charge in [0.1, 0.15) is 9.84 Å². The Morgan fingerprint density at radius 2 is 1.79 bits per heavy atom. The number of sulfone groups is 1. The second-order valence-electron chi connectivity index (χ2n) is 4.47. The fourth-order valence-corrected chi connectivity index (χ4v) is 3.23. The van der Waals surface area contributed by atoms with Crippen molar-refractivity contribution in [2.45, 2.75) is 17.9 Å². The van der Waals surface area contributed by atoms with Gasteiger partial charge in [0.2, 0.25) is 10.0 Å². The summed E-state index contributed by atoms with van der Waals surface area (Å²) in [6, 6.07) is 3.67. The van der Waals surface area contributed by atoms with E-state index >= 15 is 0 Å². The zero-order valence-electron chi connectivity index (χ0n) is 10.6. The first-order chi connectivity index (χ1) is 8.47. The fourth-order valence-electron chi connectivity index (χ4n) is 1.65. The topological polar surface area (TPSA) is 132 Å². The number of hydrogen-bond donors (Lipinski definition) is 3. The molecule has 1 atom stereocenters. The maximum atomic E-state index is 11.3. The summed E-state index contributed by atoms with van der Waals surface area (Å²) in [4.78, 5) is -0.124. The number of sulfonamides is 1. The second kappa shape index (κ2) is 5.35. The van der Waals surface area contributed by atoms with Gasteiger partial charge in [0.05, 0.1) is 10.6 Å².